The Balaban J connectivity index is 0.00000159. The topological polar surface area (TPSA) is 43.6 Å². The maximum absolute atomic E-state index is 5.08. The summed E-state index contributed by atoms with van der Waals surface area (Å²) in [5, 5.41) is 5.17. The zero-order chi connectivity index (χ0) is 31.7. The van der Waals surface area contributed by atoms with Gasteiger partial charge in [0.25, 0.3) is 0 Å². The SMILES string of the molecule is C1=C(c2nc(-c3ccccc3)nc(-c3ccccc3)n2)CCCC=C1n1c2ccccc2c2cc3sc4ccccc4c3cc21.CC. The molecule has 228 valence electrons. The van der Waals surface area contributed by atoms with Crippen molar-refractivity contribution in [1.29, 1.82) is 0 Å². The fourth-order valence-electron chi connectivity index (χ4n) is 6.60. The predicted molar refractivity (Wildman–Crippen MR) is 200 cm³/mol. The van der Waals surface area contributed by atoms with E-state index in [9.17, 15) is 0 Å². The van der Waals surface area contributed by atoms with Crippen LogP contribution in [0.25, 0.3) is 76.0 Å². The van der Waals surface area contributed by atoms with Crippen LogP contribution in [0.15, 0.2) is 133 Å². The largest absolute Gasteiger partial charge is 0.310 e. The summed E-state index contributed by atoms with van der Waals surface area (Å²) in [5.74, 6) is 2.12. The zero-order valence-corrected chi connectivity index (χ0v) is 27.3. The van der Waals surface area contributed by atoms with Crippen LogP contribution in [-0.2, 0) is 0 Å². The summed E-state index contributed by atoms with van der Waals surface area (Å²) in [7, 11) is 0. The smallest absolute Gasteiger partial charge is 0.164 e. The fourth-order valence-corrected chi connectivity index (χ4v) is 7.73. The number of hydrogen-bond acceptors (Lipinski definition) is 4. The molecule has 47 heavy (non-hydrogen) atoms. The minimum absolute atomic E-state index is 0.693. The molecule has 0 fully saturated rings. The first-order chi connectivity index (χ1) is 23.3. The van der Waals surface area contributed by atoms with Gasteiger partial charge in [-0.25, -0.2) is 15.0 Å². The summed E-state index contributed by atoms with van der Waals surface area (Å²) in [4.78, 5) is 15.1. The number of allylic oxidation sites excluding steroid dienone is 4. The molecule has 0 aliphatic heterocycles. The van der Waals surface area contributed by atoms with Gasteiger partial charge in [0.2, 0.25) is 0 Å². The second-order valence-electron chi connectivity index (χ2n) is 11.5. The molecule has 0 spiro atoms. The molecule has 0 N–H and O–H groups in total. The van der Waals surface area contributed by atoms with Crippen molar-refractivity contribution < 1.29 is 0 Å². The number of para-hydroxylation sites is 1. The Morgan fingerprint density at radius 1 is 0.553 bits per heavy atom. The van der Waals surface area contributed by atoms with E-state index in [1.807, 2.05) is 61.6 Å². The van der Waals surface area contributed by atoms with Gasteiger partial charge in [0, 0.05) is 47.8 Å². The third-order valence-electron chi connectivity index (χ3n) is 8.74. The van der Waals surface area contributed by atoms with Crippen LogP contribution >= 0.6 is 11.3 Å². The summed E-state index contributed by atoms with van der Waals surface area (Å²) in [6, 6.07) is 42.7. The molecule has 9 rings (SSSR count). The molecule has 0 amide bonds. The average Bonchev–Trinajstić information content (AvgIpc) is 3.55. The molecule has 4 nitrogen and oxygen atoms in total. The first-order valence-corrected chi connectivity index (χ1v) is 17.2. The van der Waals surface area contributed by atoms with Gasteiger partial charge in [0.1, 0.15) is 0 Å². The van der Waals surface area contributed by atoms with E-state index in [0.29, 0.717) is 11.6 Å². The third kappa shape index (κ3) is 5.23. The molecule has 5 aromatic carbocycles. The predicted octanol–water partition coefficient (Wildman–Crippen LogP) is 11.8. The van der Waals surface area contributed by atoms with E-state index in [0.717, 1.165) is 47.5 Å². The maximum Gasteiger partial charge on any atom is 0.164 e. The second-order valence-corrected chi connectivity index (χ2v) is 12.6. The Hall–Kier alpha value is -5.39. The fraction of sp³-hybridized carbons (Fsp3) is 0.119. The van der Waals surface area contributed by atoms with E-state index in [2.05, 4.69) is 102 Å². The van der Waals surface area contributed by atoms with Crippen molar-refractivity contribution in [3.05, 3.63) is 139 Å². The van der Waals surface area contributed by atoms with E-state index in [1.54, 1.807) is 0 Å². The van der Waals surface area contributed by atoms with Crippen LogP contribution in [-0.4, -0.2) is 19.5 Å². The molecule has 0 unspecified atom stereocenters. The highest BCUT2D eigenvalue weighted by molar-refractivity contribution is 7.25. The average molecular weight is 627 g/mol. The second kappa shape index (κ2) is 12.4. The Kier molecular flexibility index (Phi) is 7.68. The van der Waals surface area contributed by atoms with Gasteiger partial charge < -0.3 is 4.57 Å². The molecule has 0 bridgehead atoms. The van der Waals surface area contributed by atoms with Crippen molar-refractivity contribution in [3.63, 3.8) is 0 Å². The molecular formula is C42H34N4S. The number of fused-ring (bicyclic) bond motifs is 6. The number of aromatic nitrogens is 4. The van der Waals surface area contributed by atoms with Gasteiger partial charge in [-0.15, -0.1) is 11.3 Å². The highest BCUT2D eigenvalue weighted by Crippen LogP contribution is 2.41. The summed E-state index contributed by atoms with van der Waals surface area (Å²) >= 11 is 1.87. The molecule has 0 radical (unpaired) electrons. The van der Waals surface area contributed by atoms with Gasteiger partial charge in [-0.1, -0.05) is 117 Å². The van der Waals surface area contributed by atoms with Crippen molar-refractivity contribution in [2.24, 2.45) is 0 Å². The molecule has 5 heteroatoms. The summed E-state index contributed by atoms with van der Waals surface area (Å²) in [6.07, 6.45) is 7.59. The lowest BCUT2D eigenvalue weighted by molar-refractivity contribution is 0.873. The Morgan fingerprint density at radius 3 is 1.89 bits per heavy atom. The Labute approximate surface area is 278 Å². The van der Waals surface area contributed by atoms with Crippen molar-refractivity contribution in [1.82, 2.24) is 19.5 Å². The standard InChI is InChI=1S/C40H28N4S.C2H6/c1-3-13-26(14-4-1)38-41-39(27-15-5-2-6-16-27)43-40(42-38)28-17-7-8-18-29(23-28)44-34-21-11-9-19-30(34)32-25-37-33(24-35(32)44)31-20-10-12-22-36(31)45-37;1-2/h1-6,9-16,18-25H,7-8,17H2;1-2H3. The molecule has 1 aliphatic carbocycles. The maximum atomic E-state index is 5.08. The van der Waals surface area contributed by atoms with Crippen molar-refractivity contribution >= 4 is 64.6 Å². The lowest BCUT2D eigenvalue weighted by atomic mass is 10.1. The molecular weight excluding hydrogens is 593 g/mol. The summed E-state index contributed by atoms with van der Waals surface area (Å²) in [6.45, 7) is 4.00. The number of hydrogen-bond donors (Lipinski definition) is 0. The van der Waals surface area contributed by atoms with E-state index < -0.39 is 0 Å². The van der Waals surface area contributed by atoms with E-state index in [1.165, 1.54) is 42.0 Å². The lowest BCUT2D eigenvalue weighted by Crippen LogP contribution is -2.03. The number of thiophene rings is 1. The molecule has 0 atom stereocenters. The molecule has 0 saturated heterocycles. The molecule has 3 aromatic heterocycles. The van der Waals surface area contributed by atoms with Crippen LogP contribution < -0.4 is 0 Å². The van der Waals surface area contributed by atoms with Crippen LogP contribution in [0.3, 0.4) is 0 Å². The lowest BCUT2D eigenvalue weighted by Gasteiger charge is -2.12. The van der Waals surface area contributed by atoms with E-state index in [-0.39, 0.29) is 0 Å². The molecule has 1 aliphatic rings. The first kappa shape index (κ1) is 29.0. The molecule has 0 saturated carbocycles. The highest BCUT2D eigenvalue weighted by atomic mass is 32.1. The first-order valence-electron chi connectivity index (χ1n) is 16.4. The normalized spacial score (nSPS) is 13.3. The molecule has 3 heterocycles. The van der Waals surface area contributed by atoms with Crippen LogP contribution in [0.4, 0.5) is 0 Å². The summed E-state index contributed by atoms with van der Waals surface area (Å²) < 4.78 is 5.09. The van der Waals surface area contributed by atoms with E-state index >= 15 is 0 Å². The van der Waals surface area contributed by atoms with Gasteiger partial charge in [-0.3, -0.25) is 0 Å². The van der Waals surface area contributed by atoms with Gasteiger partial charge >= 0.3 is 0 Å². The van der Waals surface area contributed by atoms with Crippen LogP contribution in [0, 0.1) is 0 Å². The van der Waals surface area contributed by atoms with E-state index in [4.69, 9.17) is 15.0 Å². The van der Waals surface area contributed by atoms with Crippen LogP contribution in [0.2, 0.25) is 0 Å². The Morgan fingerprint density at radius 2 is 1.17 bits per heavy atom. The van der Waals surface area contributed by atoms with Gasteiger partial charge in [0.05, 0.1) is 11.0 Å². The number of nitrogens with zero attached hydrogens (tertiary/aromatic N) is 4. The minimum Gasteiger partial charge on any atom is -0.310 e. The molecule has 8 aromatic rings. The van der Waals surface area contributed by atoms with Crippen LogP contribution in [0.5, 0.6) is 0 Å². The summed E-state index contributed by atoms with van der Waals surface area (Å²) in [5.41, 5.74) is 6.69. The highest BCUT2D eigenvalue weighted by Gasteiger charge is 2.19. The van der Waals surface area contributed by atoms with Gasteiger partial charge in [-0.2, -0.15) is 0 Å². The van der Waals surface area contributed by atoms with Crippen molar-refractivity contribution in [2.75, 3.05) is 0 Å². The zero-order valence-electron chi connectivity index (χ0n) is 26.5. The van der Waals surface area contributed by atoms with Gasteiger partial charge in [0.15, 0.2) is 17.5 Å². The quantitative estimate of drug-likeness (QED) is 0.195. The minimum atomic E-state index is 0.693. The van der Waals surface area contributed by atoms with Crippen molar-refractivity contribution in [3.8, 4) is 22.8 Å². The van der Waals surface area contributed by atoms with Crippen LogP contribution in [0.1, 0.15) is 38.9 Å². The van der Waals surface area contributed by atoms with Crippen molar-refractivity contribution in [2.45, 2.75) is 33.1 Å². The number of rotatable bonds is 4. The third-order valence-corrected chi connectivity index (χ3v) is 9.88. The number of benzene rings is 5. The monoisotopic (exact) mass is 626 g/mol. The van der Waals surface area contributed by atoms with Gasteiger partial charge in [-0.05, 0) is 55.2 Å². The Bertz CT molecular complexity index is 2390.